The summed E-state index contributed by atoms with van der Waals surface area (Å²) in [6, 6.07) is 4.35. The van der Waals surface area contributed by atoms with Crippen molar-refractivity contribution in [1.29, 1.82) is 0 Å². The Morgan fingerprint density at radius 1 is 1.35 bits per heavy atom. The highest BCUT2D eigenvalue weighted by molar-refractivity contribution is 6.31. The van der Waals surface area contributed by atoms with Crippen LogP contribution < -0.4 is 5.32 Å². The fraction of sp³-hybridized carbons (Fsp3) is 0.538. The maximum atomic E-state index is 12.9. The molecule has 0 spiro atoms. The van der Waals surface area contributed by atoms with Crippen LogP contribution in [0, 0.1) is 11.7 Å². The van der Waals surface area contributed by atoms with Crippen LogP contribution >= 0.6 is 11.6 Å². The summed E-state index contributed by atoms with van der Waals surface area (Å²) in [7, 11) is 0. The minimum Gasteiger partial charge on any atom is -0.395 e. The lowest BCUT2D eigenvalue weighted by Crippen LogP contribution is -2.38. The summed E-state index contributed by atoms with van der Waals surface area (Å²) < 4.78 is 12.9. The van der Waals surface area contributed by atoms with Gasteiger partial charge in [0.25, 0.3) is 0 Å². The second-order valence-corrected chi connectivity index (χ2v) is 4.99. The molecule has 2 nitrogen and oxygen atoms in total. The van der Waals surface area contributed by atoms with E-state index in [0.29, 0.717) is 10.9 Å². The molecule has 1 rings (SSSR count). The van der Waals surface area contributed by atoms with Gasteiger partial charge in [-0.05, 0) is 30.5 Å². The van der Waals surface area contributed by atoms with Gasteiger partial charge in [-0.3, -0.25) is 0 Å². The summed E-state index contributed by atoms with van der Waals surface area (Å²) in [5.74, 6) is -0.0183. The van der Waals surface area contributed by atoms with Gasteiger partial charge in [0.05, 0.1) is 6.61 Å². The van der Waals surface area contributed by atoms with Crippen LogP contribution in [0.5, 0.6) is 0 Å². The predicted molar refractivity (Wildman–Crippen MR) is 68.7 cm³/mol. The molecule has 0 saturated heterocycles. The van der Waals surface area contributed by atoms with Crippen LogP contribution in [-0.4, -0.2) is 17.8 Å². The van der Waals surface area contributed by atoms with Gasteiger partial charge < -0.3 is 10.4 Å². The summed E-state index contributed by atoms with van der Waals surface area (Å²) >= 11 is 5.99. The Labute approximate surface area is 107 Å². The summed E-state index contributed by atoms with van der Waals surface area (Å²) in [5.41, 5.74) is 0.840. The molecule has 4 heteroatoms. The zero-order valence-corrected chi connectivity index (χ0v) is 11.1. The Balaban J connectivity index is 2.78. The highest BCUT2D eigenvalue weighted by Gasteiger charge is 2.17. The Hall–Kier alpha value is -0.640. The molecule has 2 unspecified atom stereocenters. The highest BCUT2D eigenvalue weighted by Crippen LogP contribution is 2.24. The van der Waals surface area contributed by atoms with Crippen molar-refractivity contribution >= 4 is 11.6 Å². The molecule has 17 heavy (non-hydrogen) atoms. The molecule has 0 fully saturated rings. The lowest BCUT2D eigenvalue weighted by atomic mass is 10.0. The van der Waals surface area contributed by atoms with Gasteiger partial charge in [0.15, 0.2) is 0 Å². The second-order valence-electron chi connectivity index (χ2n) is 4.59. The Morgan fingerprint density at radius 3 is 2.47 bits per heavy atom. The number of rotatable bonds is 5. The van der Waals surface area contributed by atoms with Crippen LogP contribution in [0.1, 0.15) is 32.4 Å². The summed E-state index contributed by atoms with van der Waals surface area (Å²) in [6.45, 7) is 6.09. The van der Waals surface area contributed by atoms with Crippen molar-refractivity contribution in [3.8, 4) is 0 Å². The maximum Gasteiger partial charge on any atom is 0.124 e. The number of benzene rings is 1. The molecule has 0 saturated carbocycles. The lowest BCUT2D eigenvalue weighted by molar-refractivity contribution is 0.201. The van der Waals surface area contributed by atoms with E-state index in [2.05, 4.69) is 5.32 Å². The first-order valence-corrected chi connectivity index (χ1v) is 6.15. The quantitative estimate of drug-likeness (QED) is 0.852. The van der Waals surface area contributed by atoms with E-state index in [4.69, 9.17) is 11.6 Å². The minimum atomic E-state index is -0.339. The van der Waals surface area contributed by atoms with Crippen LogP contribution in [0.4, 0.5) is 4.39 Å². The SMILES string of the molecule is CC(NC(CO)C(C)C)c1ccc(F)cc1Cl. The normalized spacial score (nSPS) is 15.0. The zero-order chi connectivity index (χ0) is 13.0. The predicted octanol–water partition coefficient (Wildman–Crippen LogP) is 3.15. The third-order valence-corrected chi connectivity index (χ3v) is 3.22. The first kappa shape index (κ1) is 14.4. The van der Waals surface area contributed by atoms with Gasteiger partial charge >= 0.3 is 0 Å². The van der Waals surface area contributed by atoms with E-state index in [1.165, 1.54) is 12.1 Å². The third-order valence-electron chi connectivity index (χ3n) is 2.89. The van der Waals surface area contributed by atoms with Crippen LogP contribution in [0.25, 0.3) is 0 Å². The number of hydrogen-bond acceptors (Lipinski definition) is 2. The van der Waals surface area contributed by atoms with E-state index in [1.807, 2.05) is 20.8 Å². The van der Waals surface area contributed by atoms with E-state index >= 15 is 0 Å². The lowest BCUT2D eigenvalue weighted by Gasteiger charge is -2.25. The number of hydrogen-bond donors (Lipinski definition) is 2. The van der Waals surface area contributed by atoms with Crippen molar-refractivity contribution in [2.45, 2.75) is 32.9 Å². The van der Waals surface area contributed by atoms with Crippen molar-refractivity contribution in [2.75, 3.05) is 6.61 Å². The molecular weight excluding hydrogens is 241 g/mol. The van der Waals surface area contributed by atoms with E-state index in [1.54, 1.807) is 6.07 Å². The zero-order valence-electron chi connectivity index (χ0n) is 10.4. The molecule has 2 N–H and O–H groups in total. The fourth-order valence-electron chi connectivity index (χ4n) is 1.72. The molecule has 0 aromatic heterocycles. The van der Waals surface area contributed by atoms with E-state index in [-0.39, 0.29) is 24.5 Å². The van der Waals surface area contributed by atoms with Crippen LogP contribution in [-0.2, 0) is 0 Å². The van der Waals surface area contributed by atoms with Gasteiger partial charge in [-0.2, -0.15) is 0 Å². The average molecular weight is 260 g/mol. The van der Waals surface area contributed by atoms with Crippen molar-refractivity contribution in [2.24, 2.45) is 5.92 Å². The molecule has 1 aromatic rings. The van der Waals surface area contributed by atoms with Crippen molar-refractivity contribution in [3.05, 3.63) is 34.6 Å². The molecule has 96 valence electrons. The fourth-order valence-corrected chi connectivity index (χ4v) is 2.05. The number of nitrogens with one attached hydrogen (secondary N) is 1. The molecule has 0 heterocycles. The summed E-state index contributed by atoms with van der Waals surface area (Å²) in [4.78, 5) is 0. The number of aliphatic hydroxyl groups is 1. The average Bonchev–Trinajstić information content (AvgIpc) is 2.24. The van der Waals surface area contributed by atoms with Crippen molar-refractivity contribution in [3.63, 3.8) is 0 Å². The van der Waals surface area contributed by atoms with Gasteiger partial charge in [0.1, 0.15) is 5.82 Å². The molecular formula is C13H19ClFNO. The standard InChI is InChI=1S/C13H19ClFNO/c1-8(2)13(7-17)16-9(3)11-5-4-10(15)6-12(11)14/h4-6,8-9,13,16-17H,7H2,1-3H3. The van der Waals surface area contributed by atoms with Crippen LogP contribution in [0.15, 0.2) is 18.2 Å². The smallest absolute Gasteiger partial charge is 0.124 e. The van der Waals surface area contributed by atoms with Crippen molar-refractivity contribution < 1.29 is 9.50 Å². The summed E-state index contributed by atoms with van der Waals surface area (Å²) in [5, 5.41) is 12.9. The monoisotopic (exact) mass is 259 g/mol. The Kier molecular flexibility index (Phi) is 5.37. The molecule has 0 aliphatic heterocycles. The molecule has 0 radical (unpaired) electrons. The van der Waals surface area contributed by atoms with E-state index in [9.17, 15) is 9.50 Å². The van der Waals surface area contributed by atoms with Gasteiger partial charge in [-0.1, -0.05) is 31.5 Å². The van der Waals surface area contributed by atoms with Crippen LogP contribution in [0.3, 0.4) is 0 Å². The Morgan fingerprint density at radius 2 is 2.00 bits per heavy atom. The molecule has 0 amide bonds. The van der Waals surface area contributed by atoms with Gasteiger partial charge in [0, 0.05) is 17.1 Å². The highest BCUT2D eigenvalue weighted by atomic mass is 35.5. The Bertz CT molecular complexity index is 370. The molecule has 0 aliphatic carbocycles. The molecule has 1 aromatic carbocycles. The van der Waals surface area contributed by atoms with Gasteiger partial charge in [-0.25, -0.2) is 4.39 Å². The largest absolute Gasteiger partial charge is 0.395 e. The molecule has 0 bridgehead atoms. The van der Waals surface area contributed by atoms with Gasteiger partial charge in [0.2, 0.25) is 0 Å². The van der Waals surface area contributed by atoms with Crippen LogP contribution in [0.2, 0.25) is 5.02 Å². The second kappa shape index (κ2) is 6.34. The van der Waals surface area contributed by atoms with E-state index in [0.717, 1.165) is 5.56 Å². The first-order valence-electron chi connectivity index (χ1n) is 5.77. The number of halogens is 2. The minimum absolute atomic E-state index is 0.00567. The third kappa shape index (κ3) is 3.95. The van der Waals surface area contributed by atoms with Gasteiger partial charge in [-0.15, -0.1) is 0 Å². The molecule has 0 aliphatic rings. The molecule has 2 atom stereocenters. The topological polar surface area (TPSA) is 32.3 Å². The first-order chi connectivity index (χ1) is 7.95. The maximum absolute atomic E-state index is 12.9. The number of aliphatic hydroxyl groups excluding tert-OH is 1. The van der Waals surface area contributed by atoms with Crippen molar-refractivity contribution in [1.82, 2.24) is 5.32 Å². The van der Waals surface area contributed by atoms with E-state index < -0.39 is 0 Å². The summed E-state index contributed by atoms with van der Waals surface area (Å²) in [6.07, 6.45) is 0.